The normalized spacial score (nSPS) is 17.9. The van der Waals surface area contributed by atoms with Gasteiger partial charge in [-0.1, -0.05) is 19.9 Å². The SMILES string of the molecule is CC1(C)CN(S(=O)(=O)c2cccs2)c2nc(Nc3ccc(N4CCNCC4)cc3)ncc21. The molecule has 2 aliphatic rings. The number of benzene rings is 1. The number of hydrogen-bond acceptors (Lipinski definition) is 8. The molecule has 0 bridgehead atoms. The van der Waals surface area contributed by atoms with Crippen LogP contribution < -0.4 is 19.8 Å². The van der Waals surface area contributed by atoms with Crippen LogP contribution in [0.1, 0.15) is 19.4 Å². The van der Waals surface area contributed by atoms with Crippen LogP contribution in [0.3, 0.4) is 0 Å². The Morgan fingerprint density at radius 2 is 1.88 bits per heavy atom. The van der Waals surface area contributed by atoms with E-state index in [1.807, 2.05) is 26.0 Å². The Labute approximate surface area is 192 Å². The molecule has 0 atom stereocenters. The van der Waals surface area contributed by atoms with E-state index in [0.717, 1.165) is 37.4 Å². The quantitative estimate of drug-likeness (QED) is 0.592. The second kappa shape index (κ2) is 8.02. The van der Waals surface area contributed by atoms with Crippen LogP contribution in [-0.2, 0) is 15.4 Å². The molecule has 2 N–H and O–H groups in total. The number of sulfonamides is 1. The second-order valence-electron chi connectivity index (χ2n) is 8.67. The summed E-state index contributed by atoms with van der Waals surface area (Å²) in [6.07, 6.45) is 1.74. The molecular weight excluding hydrogens is 444 g/mol. The Balaban J connectivity index is 1.41. The summed E-state index contributed by atoms with van der Waals surface area (Å²) in [7, 11) is -3.66. The van der Waals surface area contributed by atoms with Crippen LogP contribution in [0.2, 0.25) is 0 Å². The molecule has 0 unspecified atom stereocenters. The van der Waals surface area contributed by atoms with Crippen LogP contribution in [0.15, 0.2) is 52.2 Å². The number of anilines is 4. The van der Waals surface area contributed by atoms with Crippen molar-refractivity contribution in [1.82, 2.24) is 15.3 Å². The van der Waals surface area contributed by atoms with E-state index in [-0.39, 0.29) is 5.41 Å². The summed E-state index contributed by atoms with van der Waals surface area (Å²) in [5, 5.41) is 8.36. The maximum absolute atomic E-state index is 13.2. The molecule has 0 radical (unpaired) electrons. The van der Waals surface area contributed by atoms with Crippen molar-refractivity contribution in [3.63, 3.8) is 0 Å². The van der Waals surface area contributed by atoms with Crippen molar-refractivity contribution in [2.45, 2.75) is 23.5 Å². The Hall–Kier alpha value is -2.69. The number of rotatable bonds is 5. The van der Waals surface area contributed by atoms with E-state index in [1.54, 1.807) is 23.7 Å². The molecule has 2 aliphatic heterocycles. The number of aromatic nitrogens is 2. The lowest BCUT2D eigenvalue weighted by molar-refractivity contribution is 0.554. The highest BCUT2D eigenvalue weighted by molar-refractivity contribution is 7.94. The maximum atomic E-state index is 13.2. The number of nitrogens with zero attached hydrogens (tertiary/aromatic N) is 4. The first-order chi connectivity index (χ1) is 15.3. The van der Waals surface area contributed by atoms with E-state index in [2.05, 4.69) is 37.6 Å². The van der Waals surface area contributed by atoms with E-state index >= 15 is 0 Å². The lowest BCUT2D eigenvalue weighted by Crippen LogP contribution is -2.43. The van der Waals surface area contributed by atoms with Crippen LogP contribution in [0, 0.1) is 0 Å². The number of piperazine rings is 1. The van der Waals surface area contributed by atoms with Crippen molar-refractivity contribution in [2.24, 2.45) is 0 Å². The second-order valence-corrected chi connectivity index (χ2v) is 11.7. The van der Waals surface area contributed by atoms with E-state index < -0.39 is 10.0 Å². The molecule has 168 valence electrons. The molecule has 2 aromatic heterocycles. The Kier molecular flexibility index (Phi) is 5.31. The van der Waals surface area contributed by atoms with Crippen LogP contribution in [0.5, 0.6) is 0 Å². The van der Waals surface area contributed by atoms with E-state index in [4.69, 9.17) is 0 Å². The molecule has 10 heteroatoms. The Morgan fingerprint density at radius 1 is 1.12 bits per heavy atom. The molecule has 4 heterocycles. The highest BCUT2D eigenvalue weighted by atomic mass is 32.2. The number of thiophene rings is 1. The van der Waals surface area contributed by atoms with Crippen molar-refractivity contribution in [3.8, 4) is 0 Å². The third-order valence-electron chi connectivity index (χ3n) is 5.92. The molecule has 0 saturated carbocycles. The third kappa shape index (κ3) is 3.82. The van der Waals surface area contributed by atoms with Crippen LogP contribution in [0.25, 0.3) is 0 Å². The summed E-state index contributed by atoms with van der Waals surface area (Å²) >= 11 is 1.21. The number of nitrogens with one attached hydrogen (secondary N) is 2. The minimum atomic E-state index is -3.66. The number of fused-ring (bicyclic) bond motifs is 1. The lowest BCUT2D eigenvalue weighted by atomic mass is 9.89. The average Bonchev–Trinajstić information content (AvgIpc) is 3.42. The number of hydrogen-bond donors (Lipinski definition) is 2. The highest BCUT2D eigenvalue weighted by Gasteiger charge is 2.43. The van der Waals surface area contributed by atoms with Crippen LogP contribution >= 0.6 is 11.3 Å². The molecule has 1 saturated heterocycles. The predicted molar refractivity (Wildman–Crippen MR) is 129 cm³/mol. The fraction of sp³-hybridized carbons (Fsp3) is 0.364. The van der Waals surface area contributed by atoms with Crippen LogP contribution in [0.4, 0.5) is 23.1 Å². The van der Waals surface area contributed by atoms with Gasteiger partial charge in [0.15, 0.2) is 5.82 Å². The zero-order chi connectivity index (χ0) is 22.3. The standard InChI is InChI=1S/C22H26N6O2S2/c1-22(2)15-28(32(29,30)19-4-3-13-31-19)20-18(22)14-24-21(26-20)25-16-5-7-17(8-6-16)27-11-9-23-10-12-27/h3-8,13-14,23H,9-12,15H2,1-2H3,(H,24,25,26). The summed E-state index contributed by atoms with van der Waals surface area (Å²) < 4.78 is 28.2. The van der Waals surface area contributed by atoms with Gasteiger partial charge in [-0.2, -0.15) is 4.98 Å². The monoisotopic (exact) mass is 470 g/mol. The minimum Gasteiger partial charge on any atom is -0.369 e. The van der Waals surface area contributed by atoms with Crippen molar-refractivity contribution in [1.29, 1.82) is 0 Å². The highest BCUT2D eigenvalue weighted by Crippen LogP contribution is 2.42. The van der Waals surface area contributed by atoms with Gasteiger partial charge in [0.1, 0.15) is 4.21 Å². The van der Waals surface area contributed by atoms with Gasteiger partial charge in [-0.15, -0.1) is 11.3 Å². The topological polar surface area (TPSA) is 90.5 Å². The van der Waals surface area contributed by atoms with Gasteiger partial charge < -0.3 is 15.5 Å². The molecular formula is C22H26N6O2S2. The molecule has 0 aliphatic carbocycles. The largest absolute Gasteiger partial charge is 0.369 e. The van der Waals surface area contributed by atoms with Gasteiger partial charge >= 0.3 is 0 Å². The van der Waals surface area contributed by atoms with Crippen molar-refractivity contribution in [3.05, 3.63) is 53.5 Å². The molecule has 0 amide bonds. The van der Waals surface area contributed by atoms with Gasteiger partial charge in [0, 0.05) is 61.3 Å². The van der Waals surface area contributed by atoms with E-state index in [9.17, 15) is 8.42 Å². The van der Waals surface area contributed by atoms with Crippen molar-refractivity contribution < 1.29 is 8.42 Å². The van der Waals surface area contributed by atoms with Crippen molar-refractivity contribution >= 4 is 44.5 Å². The molecule has 1 aromatic carbocycles. The summed E-state index contributed by atoms with van der Waals surface area (Å²) in [6.45, 7) is 8.33. The van der Waals surface area contributed by atoms with E-state index in [1.165, 1.54) is 21.3 Å². The minimum absolute atomic E-state index is 0.317. The Morgan fingerprint density at radius 3 is 2.56 bits per heavy atom. The van der Waals surface area contributed by atoms with Crippen molar-refractivity contribution in [2.75, 3.05) is 47.2 Å². The predicted octanol–water partition coefficient (Wildman–Crippen LogP) is 3.18. The summed E-state index contributed by atoms with van der Waals surface area (Å²) in [6, 6.07) is 11.5. The zero-order valence-corrected chi connectivity index (χ0v) is 19.7. The van der Waals surface area contributed by atoms with Gasteiger partial charge in [0.25, 0.3) is 10.0 Å². The molecule has 8 nitrogen and oxygen atoms in total. The molecule has 3 aromatic rings. The van der Waals surface area contributed by atoms with Gasteiger partial charge in [-0.3, -0.25) is 0 Å². The third-order valence-corrected chi connectivity index (χ3v) is 9.03. The first-order valence-electron chi connectivity index (χ1n) is 10.6. The fourth-order valence-corrected chi connectivity index (χ4v) is 6.84. The molecule has 0 spiro atoms. The maximum Gasteiger partial charge on any atom is 0.275 e. The smallest absolute Gasteiger partial charge is 0.275 e. The molecule has 32 heavy (non-hydrogen) atoms. The first-order valence-corrected chi connectivity index (χ1v) is 12.9. The van der Waals surface area contributed by atoms with E-state index in [0.29, 0.717) is 22.5 Å². The van der Waals surface area contributed by atoms with Gasteiger partial charge in [0.05, 0.1) is 0 Å². The van der Waals surface area contributed by atoms with Gasteiger partial charge in [-0.25, -0.2) is 17.7 Å². The Bertz CT molecular complexity index is 1200. The van der Waals surface area contributed by atoms with Gasteiger partial charge in [-0.05, 0) is 35.7 Å². The molecule has 5 rings (SSSR count). The first kappa shape index (κ1) is 21.2. The lowest BCUT2D eigenvalue weighted by Gasteiger charge is -2.29. The fourth-order valence-electron chi connectivity index (χ4n) is 4.15. The summed E-state index contributed by atoms with van der Waals surface area (Å²) in [5.41, 5.74) is 2.50. The van der Waals surface area contributed by atoms with Gasteiger partial charge in [0.2, 0.25) is 5.95 Å². The zero-order valence-electron chi connectivity index (χ0n) is 18.1. The summed E-state index contributed by atoms with van der Waals surface area (Å²) in [5.74, 6) is 0.820. The molecule has 1 fully saturated rings. The van der Waals surface area contributed by atoms with Crippen LogP contribution in [-0.4, -0.2) is 51.1 Å². The summed E-state index contributed by atoms with van der Waals surface area (Å²) in [4.78, 5) is 11.4. The average molecular weight is 471 g/mol.